The van der Waals surface area contributed by atoms with Gasteiger partial charge in [-0.1, -0.05) is 48.0 Å². The molecule has 1 aliphatic heterocycles. The quantitative estimate of drug-likeness (QED) is 0.626. The van der Waals surface area contributed by atoms with Gasteiger partial charge in [-0.25, -0.2) is 16.8 Å². The van der Waals surface area contributed by atoms with Crippen molar-refractivity contribution in [2.75, 3.05) is 13.1 Å². The van der Waals surface area contributed by atoms with Crippen molar-refractivity contribution in [2.45, 2.75) is 21.5 Å². The van der Waals surface area contributed by atoms with Crippen molar-refractivity contribution < 1.29 is 16.8 Å². The first-order valence-corrected chi connectivity index (χ1v) is 12.1. The van der Waals surface area contributed by atoms with Gasteiger partial charge >= 0.3 is 0 Å². The second-order valence-corrected chi connectivity index (χ2v) is 11.3. The zero-order chi connectivity index (χ0) is 19.9. The van der Waals surface area contributed by atoms with Crippen LogP contribution in [-0.4, -0.2) is 39.5 Å². The van der Waals surface area contributed by atoms with Crippen molar-refractivity contribution in [2.24, 2.45) is 0 Å². The highest BCUT2D eigenvalue weighted by molar-refractivity contribution is 7.92. The third-order valence-corrected chi connectivity index (χ3v) is 9.42. The summed E-state index contributed by atoms with van der Waals surface area (Å²) in [6.07, 6.45) is 0.259. The third kappa shape index (κ3) is 3.33. The normalized spacial score (nSPS) is 18.5. The molecule has 0 saturated carbocycles. The maximum absolute atomic E-state index is 13.2. The van der Waals surface area contributed by atoms with Gasteiger partial charge in [0.25, 0.3) is 0 Å². The van der Waals surface area contributed by atoms with Crippen LogP contribution in [0.1, 0.15) is 6.42 Å². The van der Waals surface area contributed by atoms with Gasteiger partial charge in [-0.2, -0.15) is 4.31 Å². The van der Waals surface area contributed by atoms with Crippen molar-refractivity contribution in [3.8, 4) is 0 Å². The summed E-state index contributed by atoms with van der Waals surface area (Å²) in [7, 11) is -7.44. The predicted molar refractivity (Wildman–Crippen MR) is 110 cm³/mol. The van der Waals surface area contributed by atoms with Gasteiger partial charge < -0.3 is 0 Å². The number of sulfone groups is 1. The Kier molecular flexibility index (Phi) is 4.95. The fourth-order valence-corrected chi connectivity index (χ4v) is 7.17. The zero-order valence-corrected chi connectivity index (χ0v) is 17.2. The first-order chi connectivity index (χ1) is 13.3. The lowest BCUT2D eigenvalue weighted by molar-refractivity contribution is 0.477. The van der Waals surface area contributed by atoms with Crippen LogP contribution in [0.15, 0.2) is 76.5 Å². The summed E-state index contributed by atoms with van der Waals surface area (Å²) in [5.41, 5.74) is 0. The molecule has 1 atom stereocenters. The molecular formula is C20H18ClNO4S2. The van der Waals surface area contributed by atoms with E-state index in [-0.39, 0.29) is 29.3 Å². The third-order valence-electron chi connectivity index (χ3n) is 5.06. The average Bonchev–Trinajstić information content (AvgIpc) is 3.20. The van der Waals surface area contributed by atoms with E-state index in [1.165, 1.54) is 28.6 Å². The van der Waals surface area contributed by atoms with Crippen molar-refractivity contribution in [3.63, 3.8) is 0 Å². The number of benzene rings is 3. The molecule has 0 radical (unpaired) electrons. The summed E-state index contributed by atoms with van der Waals surface area (Å²) < 4.78 is 53.5. The molecule has 1 fully saturated rings. The van der Waals surface area contributed by atoms with Crippen LogP contribution in [0.2, 0.25) is 5.02 Å². The number of nitrogens with zero attached hydrogens (tertiary/aromatic N) is 1. The molecule has 4 rings (SSSR count). The van der Waals surface area contributed by atoms with Gasteiger partial charge in [-0.05, 0) is 42.1 Å². The summed E-state index contributed by atoms with van der Waals surface area (Å²) in [5.74, 6) is 0. The van der Waals surface area contributed by atoms with E-state index in [1.54, 1.807) is 24.3 Å². The lowest BCUT2D eigenvalue weighted by atomic mass is 10.1. The van der Waals surface area contributed by atoms with E-state index in [0.29, 0.717) is 10.4 Å². The highest BCUT2D eigenvalue weighted by Gasteiger charge is 2.39. The second-order valence-electron chi connectivity index (χ2n) is 6.75. The topological polar surface area (TPSA) is 71.5 Å². The van der Waals surface area contributed by atoms with Gasteiger partial charge in [0, 0.05) is 23.5 Å². The van der Waals surface area contributed by atoms with E-state index >= 15 is 0 Å². The molecule has 1 saturated heterocycles. The molecule has 8 heteroatoms. The molecule has 0 amide bonds. The van der Waals surface area contributed by atoms with Crippen LogP contribution in [0.3, 0.4) is 0 Å². The fourth-order valence-electron chi connectivity index (χ4n) is 3.55. The zero-order valence-electron chi connectivity index (χ0n) is 14.8. The Bertz CT molecular complexity index is 1230. The molecule has 0 aliphatic carbocycles. The Morgan fingerprint density at radius 1 is 0.857 bits per heavy atom. The van der Waals surface area contributed by atoms with E-state index in [4.69, 9.17) is 11.6 Å². The maximum Gasteiger partial charge on any atom is 0.243 e. The van der Waals surface area contributed by atoms with Crippen LogP contribution in [0.5, 0.6) is 0 Å². The smallest absolute Gasteiger partial charge is 0.223 e. The van der Waals surface area contributed by atoms with E-state index in [0.717, 1.165) is 5.39 Å². The predicted octanol–water partition coefficient (Wildman–Crippen LogP) is 3.73. The number of sulfonamides is 1. The highest BCUT2D eigenvalue weighted by atomic mass is 35.5. The molecule has 3 aromatic rings. The van der Waals surface area contributed by atoms with Gasteiger partial charge in [0.15, 0.2) is 9.84 Å². The Morgan fingerprint density at radius 3 is 2.29 bits per heavy atom. The molecule has 0 aromatic heterocycles. The Labute approximate surface area is 169 Å². The van der Waals surface area contributed by atoms with Crippen LogP contribution in [0.4, 0.5) is 0 Å². The fraction of sp³-hybridized carbons (Fsp3) is 0.200. The second kappa shape index (κ2) is 7.15. The Hall–Kier alpha value is -1.93. The SMILES string of the molecule is O=S(=O)(c1ccc(Cl)cc1)[C@@H]1CCN(S(=O)(=O)c2cccc3ccccc23)C1. The van der Waals surface area contributed by atoms with Crippen molar-refractivity contribution in [1.82, 2.24) is 4.31 Å². The van der Waals surface area contributed by atoms with Crippen LogP contribution in [0, 0.1) is 0 Å². The largest absolute Gasteiger partial charge is 0.243 e. The molecule has 0 unspecified atom stereocenters. The van der Waals surface area contributed by atoms with E-state index in [9.17, 15) is 16.8 Å². The Morgan fingerprint density at radius 2 is 1.54 bits per heavy atom. The van der Waals surface area contributed by atoms with Crippen LogP contribution in [-0.2, 0) is 19.9 Å². The molecular weight excluding hydrogens is 418 g/mol. The van der Waals surface area contributed by atoms with Gasteiger partial charge in [0.1, 0.15) is 0 Å². The van der Waals surface area contributed by atoms with Gasteiger partial charge in [0.05, 0.1) is 15.0 Å². The number of hydrogen-bond acceptors (Lipinski definition) is 4. The van der Waals surface area contributed by atoms with Gasteiger partial charge in [0.2, 0.25) is 10.0 Å². The van der Waals surface area contributed by atoms with Crippen molar-refractivity contribution >= 4 is 42.2 Å². The molecule has 0 N–H and O–H groups in total. The molecule has 1 aliphatic rings. The van der Waals surface area contributed by atoms with E-state index in [2.05, 4.69) is 0 Å². The number of fused-ring (bicyclic) bond motifs is 1. The van der Waals surface area contributed by atoms with Gasteiger partial charge in [-0.15, -0.1) is 0 Å². The summed E-state index contributed by atoms with van der Waals surface area (Å²) in [4.78, 5) is 0.362. The summed E-state index contributed by atoms with van der Waals surface area (Å²) >= 11 is 5.84. The molecule has 5 nitrogen and oxygen atoms in total. The van der Waals surface area contributed by atoms with Gasteiger partial charge in [-0.3, -0.25) is 0 Å². The Balaban J connectivity index is 1.65. The summed E-state index contributed by atoms with van der Waals surface area (Å²) in [6.45, 7) is 0.111. The molecule has 3 aromatic carbocycles. The minimum atomic E-state index is -3.80. The summed E-state index contributed by atoms with van der Waals surface area (Å²) in [6, 6.07) is 18.3. The van der Waals surface area contributed by atoms with Crippen molar-refractivity contribution in [1.29, 1.82) is 0 Å². The van der Waals surface area contributed by atoms with E-state index in [1.807, 2.05) is 18.2 Å². The lowest BCUT2D eigenvalue weighted by Crippen LogP contribution is -2.32. The standard InChI is InChI=1S/C20H18ClNO4S2/c21-16-8-10-17(11-9-16)27(23,24)18-12-13-22(14-18)28(25,26)20-7-3-5-15-4-1-2-6-19(15)20/h1-11,18H,12-14H2/t18-/m1/s1. The molecule has 0 bridgehead atoms. The van der Waals surface area contributed by atoms with Crippen molar-refractivity contribution in [3.05, 3.63) is 71.8 Å². The molecule has 28 heavy (non-hydrogen) atoms. The first-order valence-electron chi connectivity index (χ1n) is 8.77. The molecule has 0 spiro atoms. The van der Waals surface area contributed by atoms with Crippen LogP contribution < -0.4 is 0 Å². The number of rotatable bonds is 4. The number of halogens is 1. The van der Waals surface area contributed by atoms with E-state index < -0.39 is 25.1 Å². The highest BCUT2D eigenvalue weighted by Crippen LogP contribution is 2.31. The number of hydrogen-bond donors (Lipinski definition) is 0. The average molecular weight is 436 g/mol. The van der Waals surface area contributed by atoms with Crippen LogP contribution >= 0.6 is 11.6 Å². The van der Waals surface area contributed by atoms with Crippen LogP contribution in [0.25, 0.3) is 10.8 Å². The minimum absolute atomic E-state index is 0.0590. The minimum Gasteiger partial charge on any atom is -0.223 e. The maximum atomic E-state index is 13.2. The molecule has 1 heterocycles. The summed E-state index contributed by atoms with van der Waals surface area (Å²) in [5, 5.41) is 1.13. The molecule has 146 valence electrons. The lowest BCUT2D eigenvalue weighted by Gasteiger charge is -2.18. The first kappa shape index (κ1) is 19.4. The monoisotopic (exact) mass is 435 g/mol.